The third-order valence-electron chi connectivity index (χ3n) is 2.42. The number of benzene rings is 1. The van der Waals surface area contributed by atoms with Crippen LogP contribution >= 0.6 is 0 Å². The maximum absolute atomic E-state index is 12.1. The molecule has 0 radical (unpaired) electrons. The van der Waals surface area contributed by atoms with E-state index in [0.29, 0.717) is 10.9 Å². The summed E-state index contributed by atoms with van der Waals surface area (Å²) >= 11 is -2.51. The fraction of sp³-hybridized carbons (Fsp3) is 0.308. The van der Waals surface area contributed by atoms with Crippen LogP contribution in [0.2, 0.25) is 0 Å². The van der Waals surface area contributed by atoms with Crippen molar-refractivity contribution < 1.29 is 37.2 Å². The second-order valence-electron chi connectivity index (χ2n) is 5.09. The summed E-state index contributed by atoms with van der Waals surface area (Å²) in [5, 5.41) is 0.572. The predicted molar refractivity (Wildman–Crippen MR) is 70.8 cm³/mol. The Labute approximate surface area is 131 Å². The molecule has 1 aromatic carbocycles. The number of carbonyl (C=O) groups excluding carboxylic acids is 1. The first-order chi connectivity index (χ1) is 8.79. The zero-order valence-corrected chi connectivity index (χ0v) is 12.7. The zero-order chi connectivity index (χ0) is 14.2. The Morgan fingerprint density at radius 3 is 2.45 bits per heavy atom. The van der Waals surface area contributed by atoms with E-state index in [1.165, 1.54) is 6.07 Å². The van der Waals surface area contributed by atoms with Gasteiger partial charge in [0.05, 0.1) is 5.52 Å². The molecule has 0 amide bonds. The Kier molecular flexibility index (Phi) is 5.22. The minimum Gasteiger partial charge on any atom is -0.767 e. The molecule has 1 heterocycles. The summed E-state index contributed by atoms with van der Waals surface area (Å²) in [5.41, 5.74) is -0.180. The maximum atomic E-state index is 12.1. The largest absolute Gasteiger partial charge is 1.00 e. The Morgan fingerprint density at radius 2 is 1.90 bits per heavy atom. The first kappa shape index (κ1) is 17.0. The van der Waals surface area contributed by atoms with E-state index in [9.17, 15) is 13.6 Å². The zero-order valence-electron chi connectivity index (χ0n) is 11.9. The van der Waals surface area contributed by atoms with Gasteiger partial charge in [0.15, 0.2) is 0 Å². The normalized spacial score (nSPS) is 12.8. The van der Waals surface area contributed by atoms with Crippen LogP contribution in [0.15, 0.2) is 35.4 Å². The molecule has 0 fully saturated rings. The Morgan fingerprint density at radius 1 is 1.30 bits per heavy atom. The van der Waals surface area contributed by atoms with Gasteiger partial charge in [-0.15, -0.1) is 0 Å². The number of aromatic nitrogens is 1. The van der Waals surface area contributed by atoms with E-state index in [4.69, 9.17) is 4.74 Å². The minimum atomic E-state index is -2.51. The molecule has 2 rings (SSSR count). The van der Waals surface area contributed by atoms with Gasteiger partial charge in [-0.3, -0.25) is 4.21 Å². The third kappa shape index (κ3) is 3.52. The SMILES string of the molecule is CC(C)(C)OC(=O)n1c(S(=O)[O-])cc2ccccc21.[Li+]. The molecule has 102 valence electrons. The average Bonchev–Trinajstić information content (AvgIpc) is 2.65. The molecule has 0 spiro atoms. The Balaban J connectivity index is 0.00000200. The van der Waals surface area contributed by atoms with Crippen LogP contribution < -0.4 is 18.9 Å². The molecule has 0 saturated carbocycles. The first-order valence-corrected chi connectivity index (χ1v) is 6.80. The molecule has 1 aromatic heterocycles. The molecule has 2 aromatic rings. The summed E-state index contributed by atoms with van der Waals surface area (Å²) < 4.78 is 28.8. The van der Waals surface area contributed by atoms with Gasteiger partial charge in [-0.05, 0) is 44.0 Å². The molecule has 0 N–H and O–H groups in total. The molecule has 0 aliphatic carbocycles. The van der Waals surface area contributed by atoms with Gasteiger partial charge in [0.25, 0.3) is 0 Å². The van der Waals surface area contributed by atoms with Crippen LogP contribution in [0.5, 0.6) is 0 Å². The first-order valence-electron chi connectivity index (χ1n) is 5.73. The van der Waals surface area contributed by atoms with Gasteiger partial charge in [0.1, 0.15) is 10.6 Å². The number of para-hydroxylation sites is 1. The minimum absolute atomic E-state index is 0. The van der Waals surface area contributed by atoms with Gasteiger partial charge in [0.2, 0.25) is 0 Å². The van der Waals surface area contributed by atoms with Crippen LogP contribution in [0.4, 0.5) is 4.79 Å². The van der Waals surface area contributed by atoms with E-state index in [-0.39, 0.29) is 23.9 Å². The number of nitrogens with zero attached hydrogens (tertiary/aromatic N) is 1. The summed E-state index contributed by atoms with van der Waals surface area (Å²) in [5.74, 6) is 0. The van der Waals surface area contributed by atoms with E-state index >= 15 is 0 Å². The van der Waals surface area contributed by atoms with Crippen LogP contribution in [-0.4, -0.2) is 25.0 Å². The smallest absolute Gasteiger partial charge is 0.767 e. The summed E-state index contributed by atoms with van der Waals surface area (Å²) in [7, 11) is 0. The number of rotatable bonds is 1. The van der Waals surface area contributed by atoms with Crippen molar-refractivity contribution in [3.8, 4) is 0 Å². The average molecular weight is 287 g/mol. The second-order valence-corrected chi connectivity index (χ2v) is 5.98. The monoisotopic (exact) mass is 287 g/mol. The Hall–Kier alpha value is -1.06. The van der Waals surface area contributed by atoms with Gasteiger partial charge < -0.3 is 9.29 Å². The van der Waals surface area contributed by atoms with Crippen LogP contribution in [0.25, 0.3) is 10.9 Å². The number of carbonyl (C=O) groups is 1. The number of fused-ring (bicyclic) bond motifs is 1. The van der Waals surface area contributed by atoms with Crippen LogP contribution in [0.1, 0.15) is 20.8 Å². The molecule has 0 bridgehead atoms. The van der Waals surface area contributed by atoms with E-state index in [0.717, 1.165) is 4.57 Å². The van der Waals surface area contributed by atoms with Gasteiger partial charge in [-0.2, -0.15) is 0 Å². The Bertz CT molecular complexity index is 660. The van der Waals surface area contributed by atoms with E-state index in [1.54, 1.807) is 45.0 Å². The van der Waals surface area contributed by atoms with Crippen LogP contribution in [0, 0.1) is 0 Å². The van der Waals surface area contributed by atoms with Crippen molar-refractivity contribution in [3.05, 3.63) is 30.3 Å². The van der Waals surface area contributed by atoms with Gasteiger partial charge in [-0.25, -0.2) is 9.36 Å². The van der Waals surface area contributed by atoms with Crippen molar-refractivity contribution in [2.45, 2.75) is 31.4 Å². The van der Waals surface area contributed by atoms with Gasteiger partial charge in [-0.1, -0.05) is 18.2 Å². The molecule has 0 aliphatic heterocycles. The molecule has 7 heteroatoms. The quantitative estimate of drug-likeness (QED) is 0.532. The molecule has 0 saturated heterocycles. The summed E-state index contributed by atoms with van der Waals surface area (Å²) in [6.07, 6.45) is -0.701. The van der Waals surface area contributed by atoms with Crippen molar-refractivity contribution in [1.82, 2.24) is 4.57 Å². The summed E-state index contributed by atoms with van der Waals surface area (Å²) in [6.45, 7) is 5.18. The maximum Gasteiger partial charge on any atom is 1.00 e. The molecular formula is C13H14LiNO4S. The van der Waals surface area contributed by atoms with Crippen molar-refractivity contribution in [3.63, 3.8) is 0 Å². The summed E-state index contributed by atoms with van der Waals surface area (Å²) in [4.78, 5) is 12.1. The third-order valence-corrected chi connectivity index (χ3v) is 3.07. The standard InChI is InChI=1S/C13H15NO4S.Li/c1-13(2,3)18-12(15)14-10-7-5-4-6-9(10)8-11(14)19(16)17;/h4-8H,1-3H3,(H,16,17);/q;+1/p-1. The van der Waals surface area contributed by atoms with Crippen molar-refractivity contribution in [2.75, 3.05) is 0 Å². The molecule has 1 unspecified atom stereocenters. The summed E-state index contributed by atoms with van der Waals surface area (Å²) in [6, 6.07) is 8.38. The fourth-order valence-corrected chi connectivity index (χ4v) is 2.29. The second kappa shape index (κ2) is 6.15. The van der Waals surface area contributed by atoms with Gasteiger partial charge >= 0.3 is 25.0 Å². The topological polar surface area (TPSA) is 71.4 Å². The van der Waals surface area contributed by atoms with E-state index < -0.39 is 22.8 Å². The van der Waals surface area contributed by atoms with E-state index in [2.05, 4.69) is 0 Å². The van der Waals surface area contributed by atoms with Crippen molar-refractivity contribution in [2.24, 2.45) is 0 Å². The molecule has 1 atom stereocenters. The number of ether oxygens (including phenoxy) is 1. The van der Waals surface area contributed by atoms with E-state index in [1.807, 2.05) is 0 Å². The molecule has 0 aliphatic rings. The van der Waals surface area contributed by atoms with Crippen molar-refractivity contribution in [1.29, 1.82) is 0 Å². The van der Waals surface area contributed by atoms with Crippen LogP contribution in [-0.2, 0) is 15.8 Å². The number of hydrogen-bond donors (Lipinski definition) is 0. The molecular weight excluding hydrogens is 273 g/mol. The molecule has 20 heavy (non-hydrogen) atoms. The molecule has 5 nitrogen and oxygen atoms in total. The van der Waals surface area contributed by atoms with Gasteiger partial charge in [0, 0.05) is 5.39 Å². The number of hydrogen-bond acceptors (Lipinski definition) is 4. The fourth-order valence-electron chi connectivity index (χ4n) is 1.75. The van der Waals surface area contributed by atoms with Crippen LogP contribution in [0.3, 0.4) is 0 Å². The predicted octanol–water partition coefficient (Wildman–Crippen LogP) is -0.333. The van der Waals surface area contributed by atoms with Crippen molar-refractivity contribution >= 4 is 28.1 Å².